The van der Waals surface area contributed by atoms with Crippen molar-refractivity contribution < 1.29 is 18.7 Å². The van der Waals surface area contributed by atoms with Crippen LogP contribution in [-0.2, 0) is 18.4 Å². The minimum absolute atomic E-state index is 0.0542. The summed E-state index contributed by atoms with van der Waals surface area (Å²) in [5, 5.41) is 7.37. The minimum Gasteiger partial charge on any atom is -0.489 e. The summed E-state index contributed by atoms with van der Waals surface area (Å²) in [4.78, 5) is 23.7. The van der Waals surface area contributed by atoms with Crippen LogP contribution in [0.4, 0.5) is 4.39 Å². The Morgan fingerprint density at radius 2 is 2.04 bits per heavy atom. The SMILES string of the molecule is C[C@@H](NC(=O)c1c2cc(OCc3ccccc3F)ccc2nn1C)C(N)=O. The van der Waals surface area contributed by atoms with E-state index in [-0.39, 0.29) is 18.1 Å². The maximum atomic E-state index is 13.7. The summed E-state index contributed by atoms with van der Waals surface area (Å²) in [5.74, 6) is -0.988. The number of carbonyl (C=O) groups excluding carboxylic acids is 2. The van der Waals surface area contributed by atoms with Gasteiger partial charge in [-0.1, -0.05) is 18.2 Å². The van der Waals surface area contributed by atoms with E-state index < -0.39 is 17.9 Å². The first kappa shape index (κ1) is 18.4. The van der Waals surface area contributed by atoms with Gasteiger partial charge >= 0.3 is 0 Å². The van der Waals surface area contributed by atoms with E-state index in [0.29, 0.717) is 22.2 Å². The fourth-order valence-corrected chi connectivity index (χ4v) is 2.65. The van der Waals surface area contributed by atoms with E-state index in [2.05, 4.69) is 10.4 Å². The van der Waals surface area contributed by atoms with E-state index in [0.717, 1.165) is 0 Å². The normalized spacial score (nSPS) is 12.0. The van der Waals surface area contributed by atoms with Crippen LogP contribution >= 0.6 is 0 Å². The molecule has 3 rings (SSSR count). The number of halogens is 1. The Labute approximate surface area is 154 Å². The fraction of sp³-hybridized carbons (Fsp3) is 0.211. The third-order valence-corrected chi connectivity index (χ3v) is 4.15. The number of benzene rings is 2. The van der Waals surface area contributed by atoms with Crippen molar-refractivity contribution in [1.82, 2.24) is 15.1 Å². The maximum Gasteiger partial charge on any atom is 0.270 e. The smallest absolute Gasteiger partial charge is 0.270 e. The minimum atomic E-state index is -0.817. The maximum absolute atomic E-state index is 13.7. The van der Waals surface area contributed by atoms with E-state index in [1.54, 1.807) is 43.4 Å². The van der Waals surface area contributed by atoms with Gasteiger partial charge in [0.2, 0.25) is 5.91 Å². The number of nitrogens with one attached hydrogen (secondary N) is 1. The van der Waals surface area contributed by atoms with Crippen molar-refractivity contribution in [2.45, 2.75) is 19.6 Å². The fourth-order valence-electron chi connectivity index (χ4n) is 2.65. The van der Waals surface area contributed by atoms with E-state index in [1.807, 2.05) is 0 Å². The highest BCUT2D eigenvalue weighted by Crippen LogP contribution is 2.24. The molecule has 0 saturated carbocycles. The summed E-state index contributed by atoms with van der Waals surface area (Å²) in [5.41, 5.74) is 6.48. The molecule has 7 nitrogen and oxygen atoms in total. The Balaban J connectivity index is 1.87. The zero-order valence-corrected chi connectivity index (χ0v) is 14.9. The topological polar surface area (TPSA) is 99.2 Å². The summed E-state index contributed by atoms with van der Waals surface area (Å²) >= 11 is 0. The van der Waals surface area contributed by atoms with Crippen LogP contribution in [0.5, 0.6) is 5.75 Å². The molecule has 27 heavy (non-hydrogen) atoms. The van der Waals surface area contributed by atoms with Crippen LogP contribution in [0.3, 0.4) is 0 Å². The molecule has 2 aromatic carbocycles. The number of aromatic nitrogens is 2. The average Bonchev–Trinajstić information content (AvgIpc) is 2.96. The third-order valence-electron chi connectivity index (χ3n) is 4.15. The Kier molecular flexibility index (Phi) is 5.07. The zero-order chi connectivity index (χ0) is 19.6. The predicted octanol–water partition coefficient (Wildman–Crippen LogP) is 1.89. The number of nitrogens with two attached hydrogens (primary N) is 1. The van der Waals surface area contributed by atoms with Crippen molar-refractivity contribution in [2.24, 2.45) is 12.8 Å². The monoisotopic (exact) mass is 370 g/mol. The Morgan fingerprint density at radius 1 is 1.30 bits per heavy atom. The van der Waals surface area contributed by atoms with Gasteiger partial charge in [-0.25, -0.2) is 4.39 Å². The van der Waals surface area contributed by atoms with Gasteiger partial charge in [0.15, 0.2) is 0 Å². The molecule has 3 N–H and O–H groups in total. The molecule has 8 heteroatoms. The lowest BCUT2D eigenvalue weighted by Crippen LogP contribution is -2.42. The number of fused-ring (bicyclic) bond motifs is 1. The van der Waals surface area contributed by atoms with Crippen LogP contribution in [-0.4, -0.2) is 27.6 Å². The molecule has 0 fully saturated rings. The number of carbonyl (C=O) groups is 2. The van der Waals surface area contributed by atoms with Crippen molar-refractivity contribution in [3.63, 3.8) is 0 Å². The molecule has 140 valence electrons. The van der Waals surface area contributed by atoms with E-state index >= 15 is 0 Å². The van der Waals surface area contributed by atoms with Gasteiger partial charge < -0.3 is 15.8 Å². The molecule has 2 amide bonds. The largest absolute Gasteiger partial charge is 0.489 e. The van der Waals surface area contributed by atoms with Gasteiger partial charge in [0, 0.05) is 18.0 Å². The molecule has 3 aromatic rings. The van der Waals surface area contributed by atoms with Crippen molar-refractivity contribution in [3.8, 4) is 5.75 Å². The molecule has 1 aromatic heterocycles. The molecule has 0 bridgehead atoms. The van der Waals surface area contributed by atoms with Crippen molar-refractivity contribution in [2.75, 3.05) is 0 Å². The number of primary amides is 1. The Morgan fingerprint density at radius 3 is 2.74 bits per heavy atom. The quantitative estimate of drug-likeness (QED) is 0.692. The Hall–Kier alpha value is -3.42. The van der Waals surface area contributed by atoms with E-state index in [4.69, 9.17) is 10.5 Å². The second kappa shape index (κ2) is 7.45. The predicted molar refractivity (Wildman–Crippen MR) is 97.6 cm³/mol. The molecule has 0 aliphatic carbocycles. The number of aryl methyl sites for hydroxylation is 1. The summed E-state index contributed by atoms with van der Waals surface area (Å²) in [6.07, 6.45) is 0. The van der Waals surface area contributed by atoms with Gasteiger partial charge in [-0.15, -0.1) is 0 Å². The lowest BCUT2D eigenvalue weighted by molar-refractivity contribution is -0.119. The van der Waals surface area contributed by atoms with E-state index in [1.165, 1.54) is 17.7 Å². The molecular formula is C19H19FN4O3. The zero-order valence-electron chi connectivity index (χ0n) is 14.9. The second-order valence-corrected chi connectivity index (χ2v) is 6.13. The van der Waals surface area contributed by atoms with Gasteiger partial charge in [-0.3, -0.25) is 14.3 Å². The van der Waals surface area contributed by atoms with Gasteiger partial charge in [-0.2, -0.15) is 5.10 Å². The number of rotatable bonds is 6. The van der Waals surface area contributed by atoms with E-state index in [9.17, 15) is 14.0 Å². The van der Waals surface area contributed by atoms with Crippen LogP contribution in [0.1, 0.15) is 23.0 Å². The number of ether oxygens (including phenoxy) is 1. The van der Waals surface area contributed by atoms with Crippen LogP contribution < -0.4 is 15.8 Å². The highest BCUT2D eigenvalue weighted by Gasteiger charge is 2.20. The highest BCUT2D eigenvalue weighted by molar-refractivity contribution is 6.06. The third kappa shape index (κ3) is 3.89. The molecule has 0 saturated heterocycles. The van der Waals surface area contributed by atoms with Gasteiger partial charge in [0.05, 0.1) is 5.52 Å². The summed E-state index contributed by atoms with van der Waals surface area (Å²) in [6, 6.07) is 10.6. The summed E-state index contributed by atoms with van der Waals surface area (Å²) in [7, 11) is 1.63. The average molecular weight is 370 g/mol. The lowest BCUT2D eigenvalue weighted by Gasteiger charge is -2.11. The molecule has 0 unspecified atom stereocenters. The summed E-state index contributed by atoms with van der Waals surface area (Å²) in [6.45, 7) is 1.56. The second-order valence-electron chi connectivity index (χ2n) is 6.13. The molecule has 1 heterocycles. The van der Waals surface area contributed by atoms with Crippen molar-refractivity contribution >= 4 is 22.7 Å². The van der Waals surface area contributed by atoms with Crippen LogP contribution in [0.25, 0.3) is 10.9 Å². The standard InChI is InChI=1S/C19H19FN4O3/c1-11(18(21)25)22-19(26)17-14-9-13(7-8-16(14)23-24(17)2)27-10-12-5-3-4-6-15(12)20/h3-9,11H,10H2,1-2H3,(H2,21,25)(H,22,26)/t11-/m1/s1. The van der Waals surface area contributed by atoms with Crippen LogP contribution in [0.2, 0.25) is 0 Å². The number of hydrogen-bond acceptors (Lipinski definition) is 4. The lowest BCUT2D eigenvalue weighted by atomic mass is 10.1. The van der Waals surface area contributed by atoms with Crippen molar-refractivity contribution in [1.29, 1.82) is 0 Å². The summed E-state index contributed by atoms with van der Waals surface area (Å²) < 4.78 is 20.8. The molecule has 0 aliphatic rings. The number of amides is 2. The highest BCUT2D eigenvalue weighted by atomic mass is 19.1. The van der Waals surface area contributed by atoms with Gasteiger partial charge in [0.1, 0.15) is 29.9 Å². The molecular weight excluding hydrogens is 351 g/mol. The molecule has 0 aliphatic heterocycles. The first-order chi connectivity index (χ1) is 12.9. The van der Waals surface area contributed by atoms with Crippen LogP contribution in [0, 0.1) is 5.82 Å². The first-order valence-electron chi connectivity index (χ1n) is 8.30. The Bertz CT molecular complexity index is 1020. The molecule has 0 radical (unpaired) electrons. The molecule has 0 spiro atoms. The number of nitrogens with zero attached hydrogens (tertiary/aromatic N) is 2. The van der Waals surface area contributed by atoms with Crippen LogP contribution in [0.15, 0.2) is 42.5 Å². The first-order valence-corrected chi connectivity index (χ1v) is 8.30. The van der Waals surface area contributed by atoms with Gasteiger partial charge in [-0.05, 0) is 31.2 Å². The van der Waals surface area contributed by atoms with Crippen molar-refractivity contribution in [3.05, 3.63) is 59.5 Å². The number of hydrogen-bond donors (Lipinski definition) is 2. The van der Waals surface area contributed by atoms with Gasteiger partial charge in [0.25, 0.3) is 5.91 Å². The molecule has 1 atom stereocenters.